The van der Waals surface area contributed by atoms with Gasteiger partial charge < -0.3 is 9.72 Å². The van der Waals surface area contributed by atoms with E-state index >= 15 is 0 Å². The Kier molecular flexibility index (Phi) is 5.56. The first-order valence-corrected chi connectivity index (χ1v) is 12.6. The number of rotatable bonds is 6. The molecule has 0 aliphatic carbocycles. The summed E-state index contributed by atoms with van der Waals surface area (Å²) >= 11 is 12.5. The second-order valence-corrected chi connectivity index (χ2v) is 10.8. The van der Waals surface area contributed by atoms with Crippen molar-refractivity contribution in [2.75, 3.05) is 5.75 Å². The van der Waals surface area contributed by atoms with Crippen molar-refractivity contribution in [2.24, 2.45) is 0 Å². The third kappa shape index (κ3) is 3.97. The Bertz CT molecular complexity index is 1420. The number of imidazole rings is 1. The second-order valence-electron chi connectivity index (χ2n) is 7.74. The van der Waals surface area contributed by atoms with Crippen LogP contribution in [0.25, 0.3) is 22.4 Å². The van der Waals surface area contributed by atoms with Gasteiger partial charge in [-0.3, -0.25) is 10.1 Å². The molecule has 0 radical (unpaired) electrons. The van der Waals surface area contributed by atoms with Crippen molar-refractivity contribution in [3.63, 3.8) is 0 Å². The van der Waals surface area contributed by atoms with Gasteiger partial charge in [0.2, 0.25) is 10.0 Å². The molecule has 1 unspecified atom stereocenters. The van der Waals surface area contributed by atoms with Crippen molar-refractivity contribution in [3.05, 3.63) is 57.6 Å². The molecule has 1 aromatic carbocycles. The van der Waals surface area contributed by atoms with E-state index in [4.69, 9.17) is 27.9 Å². The Labute approximate surface area is 200 Å². The number of sulfonamides is 1. The minimum Gasteiger partial charge on any atom is -0.486 e. The van der Waals surface area contributed by atoms with Crippen molar-refractivity contribution >= 4 is 44.1 Å². The SMILES string of the molecule is CCS(=O)(=O)N1Cc2nc(-c3n[nH]c4ccc(OC(C)c5c(Cl)cncc5Cl)cc34)[nH]c2C1. The van der Waals surface area contributed by atoms with Gasteiger partial charge >= 0.3 is 0 Å². The highest BCUT2D eigenvalue weighted by atomic mass is 35.5. The van der Waals surface area contributed by atoms with Crippen LogP contribution in [0.3, 0.4) is 0 Å². The summed E-state index contributed by atoms with van der Waals surface area (Å²) in [7, 11) is -3.27. The Morgan fingerprint density at radius 2 is 1.97 bits per heavy atom. The van der Waals surface area contributed by atoms with Crippen molar-refractivity contribution in [1.82, 2.24) is 29.5 Å². The average Bonchev–Trinajstić information content (AvgIpc) is 3.46. The maximum atomic E-state index is 12.2. The molecule has 1 aliphatic heterocycles. The van der Waals surface area contributed by atoms with Crippen LogP contribution in [-0.2, 0) is 23.1 Å². The number of hydrogen-bond donors (Lipinski definition) is 2. The minimum absolute atomic E-state index is 0.0608. The van der Waals surface area contributed by atoms with Crippen LogP contribution < -0.4 is 4.74 Å². The van der Waals surface area contributed by atoms with Crippen LogP contribution in [0.15, 0.2) is 30.6 Å². The molecule has 3 aromatic heterocycles. The van der Waals surface area contributed by atoms with Gasteiger partial charge in [-0.15, -0.1) is 0 Å². The Morgan fingerprint density at radius 3 is 2.67 bits per heavy atom. The van der Waals surface area contributed by atoms with E-state index in [1.165, 1.54) is 16.7 Å². The number of fused-ring (bicyclic) bond motifs is 2. The Balaban J connectivity index is 1.43. The van der Waals surface area contributed by atoms with E-state index in [2.05, 4.69) is 25.1 Å². The maximum absolute atomic E-state index is 12.2. The first-order chi connectivity index (χ1) is 15.8. The van der Waals surface area contributed by atoms with Crippen LogP contribution in [-0.4, -0.2) is 43.6 Å². The van der Waals surface area contributed by atoms with E-state index in [-0.39, 0.29) is 18.8 Å². The summed E-state index contributed by atoms with van der Waals surface area (Å²) in [6.45, 7) is 4.03. The molecule has 0 spiro atoms. The van der Waals surface area contributed by atoms with E-state index in [1.54, 1.807) is 6.92 Å². The maximum Gasteiger partial charge on any atom is 0.214 e. The van der Waals surface area contributed by atoms with Crippen molar-refractivity contribution in [2.45, 2.75) is 33.0 Å². The number of benzene rings is 1. The van der Waals surface area contributed by atoms with Gasteiger partial charge in [-0.25, -0.2) is 13.4 Å². The summed E-state index contributed by atoms with van der Waals surface area (Å²) in [6.07, 6.45) is 2.66. The fraction of sp³-hybridized carbons (Fsp3) is 0.286. The van der Waals surface area contributed by atoms with E-state index < -0.39 is 16.1 Å². The number of aromatic amines is 2. The zero-order valence-electron chi connectivity index (χ0n) is 17.8. The van der Waals surface area contributed by atoms with Crippen LogP contribution in [0.4, 0.5) is 0 Å². The zero-order chi connectivity index (χ0) is 23.3. The molecular weight excluding hydrogens is 487 g/mol. The fourth-order valence-corrected chi connectivity index (χ4v) is 5.60. The normalized spacial score (nSPS) is 15.2. The first kappa shape index (κ1) is 22.1. The highest BCUT2D eigenvalue weighted by Crippen LogP contribution is 2.35. The molecule has 1 aliphatic rings. The third-order valence-electron chi connectivity index (χ3n) is 5.65. The molecule has 0 saturated carbocycles. The molecule has 0 bridgehead atoms. The highest BCUT2D eigenvalue weighted by Gasteiger charge is 2.31. The molecule has 0 amide bonds. The zero-order valence-corrected chi connectivity index (χ0v) is 20.1. The van der Waals surface area contributed by atoms with Crippen LogP contribution in [0, 0.1) is 0 Å². The number of ether oxygens (including phenoxy) is 1. The summed E-state index contributed by atoms with van der Waals surface area (Å²) in [5.41, 5.74) is 3.59. The minimum atomic E-state index is -3.27. The lowest BCUT2D eigenvalue weighted by atomic mass is 10.1. The molecule has 4 heterocycles. The molecule has 1 atom stereocenters. The smallest absolute Gasteiger partial charge is 0.214 e. The number of pyridine rings is 1. The average molecular weight is 507 g/mol. The monoisotopic (exact) mass is 506 g/mol. The number of nitrogens with one attached hydrogen (secondary N) is 2. The topological polar surface area (TPSA) is 117 Å². The number of H-pyrrole nitrogens is 2. The van der Waals surface area contributed by atoms with Crippen LogP contribution in [0.5, 0.6) is 5.75 Å². The number of aromatic nitrogens is 5. The lowest BCUT2D eigenvalue weighted by Crippen LogP contribution is -2.27. The van der Waals surface area contributed by atoms with Gasteiger partial charge in [0.15, 0.2) is 5.82 Å². The Hall–Kier alpha value is -2.66. The number of hydrogen-bond acceptors (Lipinski definition) is 6. The van der Waals surface area contributed by atoms with Crippen molar-refractivity contribution in [3.8, 4) is 17.3 Å². The third-order valence-corrected chi connectivity index (χ3v) is 8.03. The van der Waals surface area contributed by atoms with Crippen LogP contribution >= 0.6 is 23.2 Å². The largest absolute Gasteiger partial charge is 0.486 e. The van der Waals surface area contributed by atoms with E-state index in [0.717, 1.165) is 16.6 Å². The van der Waals surface area contributed by atoms with Crippen molar-refractivity contribution in [1.29, 1.82) is 0 Å². The summed E-state index contributed by atoms with van der Waals surface area (Å²) in [5.74, 6) is 1.25. The summed E-state index contributed by atoms with van der Waals surface area (Å²) in [4.78, 5) is 11.8. The molecular formula is C21H20Cl2N6O3S. The van der Waals surface area contributed by atoms with Crippen LogP contribution in [0.2, 0.25) is 10.0 Å². The van der Waals surface area contributed by atoms with Gasteiger partial charge in [-0.05, 0) is 32.0 Å². The molecule has 9 nitrogen and oxygen atoms in total. The molecule has 4 aromatic rings. The van der Waals surface area contributed by atoms with Gasteiger partial charge in [0.05, 0.1) is 45.8 Å². The van der Waals surface area contributed by atoms with Gasteiger partial charge in [-0.2, -0.15) is 9.40 Å². The lowest BCUT2D eigenvalue weighted by Gasteiger charge is -2.17. The molecule has 12 heteroatoms. The second kappa shape index (κ2) is 8.28. The van der Waals surface area contributed by atoms with Crippen LogP contribution in [0.1, 0.15) is 36.9 Å². The van der Waals surface area contributed by atoms with E-state index in [0.29, 0.717) is 38.6 Å². The summed E-state index contributed by atoms with van der Waals surface area (Å²) in [5, 5.41) is 9.10. The lowest BCUT2D eigenvalue weighted by molar-refractivity contribution is 0.227. The molecule has 0 fully saturated rings. The van der Waals surface area contributed by atoms with Gasteiger partial charge in [0, 0.05) is 23.3 Å². The molecule has 2 N–H and O–H groups in total. The molecule has 0 saturated heterocycles. The molecule has 33 heavy (non-hydrogen) atoms. The predicted molar refractivity (Wildman–Crippen MR) is 126 cm³/mol. The summed E-state index contributed by atoms with van der Waals surface area (Å²) < 4.78 is 31.9. The highest BCUT2D eigenvalue weighted by molar-refractivity contribution is 7.89. The van der Waals surface area contributed by atoms with E-state index in [1.807, 2.05) is 25.1 Å². The molecule has 172 valence electrons. The molecule has 5 rings (SSSR count). The van der Waals surface area contributed by atoms with Gasteiger partial charge in [-0.1, -0.05) is 23.2 Å². The number of halogens is 2. The van der Waals surface area contributed by atoms with Gasteiger partial charge in [0.25, 0.3) is 0 Å². The number of nitrogens with zero attached hydrogens (tertiary/aromatic N) is 4. The van der Waals surface area contributed by atoms with Gasteiger partial charge in [0.1, 0.15) is 17.5 Å². The predicted octanol–water partition coefficient (Wildman–Crippen LogP) is 4.46. The standard InChI is InChI=1S/C21H20Cl2N6O3S/c1-3-33(30,31)29-9-17-18(10-29)26-21(25-17)20-13-6-12(4-5-16(13)27-28-20)32-11(2)19-14(22)7-24-8-15(19)23/h4-8,11H,3,9-10H2,1-2H3,(H,25,26)(H,27,28). The first-order valence-electron chi connectivity index (χ1n) is 10.3. The summed E-state index contributed by atoms with van der Waals surface area (Å²) in [6, 6.07) is 5.57. The fourth-order valence-electron chi connectivity index (χ4n) is 3.92. The quantitative estimate of drug-likeness (QED) is 0.398. The van der Waals surface area contributed by atoms with Crippen molar-refractivity contribution < 1.29 is 13.2 Å². The Morgan fingerprint density at radius 1 is 1.21 bits per heavy atom. The van der Waals surface area contributed by atoms with E-state index in [9.17, 15) is 8.42 Å².